The predicted molar refractivity (Wildman–Crippen MR) is 101 cm³/mol. The molecular formula is C19H19ClFN3O3. The molecule has 3 rings (SSSR count). The fraction of sp³-hybridized carbons (Fsp3) is 0.263. The van der Waals surface area contributed by atoms with E-state index in [0.717, 1.165) is 30.3 Å². The van der Waals surface area contributed by atoms with E-state index < -0.39 is 23.7 Å². The van der Waals surface area contributed by atoms with Crippen LogP contribution in [-0.2, 0) is 16.0 Å². The molecule has 0 unspecified atom stereocenters. The number of amides is 2. The molecule has 0 bridgehead atoms. The second-order valence-corrected chi connectivity index (χ2v) is 6.78. The Labute approximate surface area is 160 Å². The molecule has 0 saturated heterocycles. The van der Waals surface area contributed by atoms with Crippen LogP contribution in [-0.4, -0.2) is 37.1 Å². The van der Waals surface area contributed by atoms with Gasteiger partial charge >= 0.3 is 11.8 Å². The lowest BCUT2D eigenvalue weighted by Crippen LogP contribution is -2.37. The third-order valence-corrected chi connectivity index (χ3v) is 4.75. The minimum Gasteiger partial charge on any atom is -0.387 e. The molecule has 27 heavy (non-hydrogen) atoms. The normalized spacial score (nSPS) is 13.9. The number of benzene rings is 2. The molecule has 0 fully saturated rings. The zero-order valence-corrected chi connectivity index (χ0v) is 15.4. The summed E-state index contributed by atoms with van der Waals surface area (Å²) in [6.45, 7) is 0.824. The molecule has 1 aliphatic rings. The van der Waals surface area contributed by atoms with Crippen LogP contribution in [0.3, 0.4) is 0 Å². The van der Waals surface area contributed by atoms with Gasteiger partial charge in [-0.2, -0.15) is 0 Å². The summed E-state index contributed by atoms with van der Waals surface area (Å²) in [5.74, 6) is -2.46. The van der Waals surface area contributed by atoms with Crippen LogP contribution in [0.2, 0.25) is 5.02 Å². The van der Waals surface area contributed by atoms with Crippen LogP contribution < -0.4 is 15.5 Å². The molecule has 1 atom stereocenters. The summed E-state index contributed by atoms with van der Waals surface area (Å²) in [5, 5.41) is 14.8. The highest BCUT2D eigenvalue weighted by molar-refractivity contribution is 6.39. The van der Waals surface area contributed by atoms with E-state index in [0.29, 0.717) is 5.56 Å². The molecule has 0 aliphatic carbocycles. The fourth-order valence-corrected chi connectivity index (χ4v) is 3.12. The maximum atomic E-state index is 13.1. The average molecular weight is 392 g/mol. The van der Waals surface area contributed by atoms with Gasteiger partial charge in [0.05, 0.1) is 11.1 Å². The SMILES string of the molecule is CN1CCc2cc([C@@H](O)CNC(=O)C(=O)Nc3ccc(F)c(Cl)c3)ccc21. The first-order valence-electron chi connectivity index (χ1n) is 8.41. The fourth-order valence-electron chi connectivity index (χ4n) is 2.94. The summed E-state index contributed by atoms with van der Waals surface area (Å²) in [4.78, 5) is 26.0. The third-order valence-electron chi connectivity index (χ3n) is 4.46. The number of halogens is 2. The number of fused-ring (bicyclic) bond motifs is 1. The van der Waals surface area contributed by atoms with Crippen molar-refractivity contribution in [2.75, 3.05) is 30.4 Å². The van der Waals surface area contributed by atoms with Crippen molar-refractivity contribution in [3.05, 3.63) is 58.4 Å². The third kappa shape index (κ3) is 4.37. The van der Waals surface area contributed by atoms with Gasteiger partial charge in [-0.25, -0.2) is 4.39 Å². The first-order chi connectivity index (χ1) is 12.8. The predicted octanol–water partition coefficient (Wildman–Crippen LogP) is 2.26. The van der Waals surface area contributed by atoms with Gasteiger partial charge in [-0.3, -0.25) is 9.59 Å². The van der Waals surface area contributed by atoms with Crippen molar-refractivity contribution in [2.24, 2.45) is 0 Å². The van der Waals surface area contributed by atoms with Crippen LogP contribution in [0.15, 0.2) is 36.4 Å². The molecule has 0 saturated carbocycles. The Bertz CT molecular complexity index is 890. The smallest absolute Gasteiger partial charge is 0.313 e. The van der Waals surface area contributed by atoms with Crippen molar-refractivity contribution < 1.29 is 19.1 Å². The Morgan fingerprint density at radius 1 is 1.26 bits per heavy atom. The van der Waals surface area contributed by atoms with Gasteiger partial charge in [0.25, 0.3) is 0 Å². The minimum absolute atomic E-state index is 0.106. The van der Waals surface area contributed by atoms with Crippen LogP contribution >= 0.6 is 11.6 Å². The van der Waals surface area contributed by atoms with Crippen molar-refractivity contribution in [1.82, 2.24) is 5.32 Å². The quantitative estimate of drug-likeness (QED) is 0.698. The van der Waals surface area contributed by atoms with Gasteiger partial charge in [0.1, 0.15) is 5.82 Å². The molecule has 6 nitrogen and oxygen atoms in total. The Morgan fingerprint density at radius 3 is 2.78 bits per heavy atom. The van der Waals surface area contributed by atoms with Crippen LogP contribution in [0.1, 0.15) is 17.2 Å². The zero-order valence-electron chi connectivity index (χ0n) is 14.6. The largest absolute Gasteiger partial charge is 0.387 e. The van der Waals surface area contributed by atoms with Gasteiger partial charge in [-0.1, -0.05) is 23.7 Å². The molecule has 1 heterocycles. The number of hydrogen-bond donors (Lipinski definition) is 3. The Morgan fingerprint density at radius 2 is 2.04 bits per heavy atom. The van der Waals surface area contributed by atoms with Crippen molar-refractivity contribution >= 4 is 34.8 Å². The van der Waals surface area contributed by atoms with Crippen molar-refractivity contribution in [1.29, 1.82) is 0 Å². The number of aliphatic hydroxyl groups is 1. The van der Waals surface area contributed by atoms with Crippen molar-refractivity contribution in [2.45, 2.75) is 12.5 Å². The first-order valence-corrected chi connectivity index (χ1v) is 8.79. The molecule has 8 heteroatoms. The molecule has 3 N–H and O–H groups in total. The molecule has 142 valence electrons. The maximum absolute atomic E-state index is 13.1. The molecule has 2 aromatic rings. The highest BCUT2D eigenvalue weighted by atomic mass is 35.5. The molecule has 2 aromatic carbocycles. The van der Waals surface area contributed by atoms with E-state index in [9.17, 15) is 19.1 Å². The van der Waals surface area contributed by atoms with Crippen LogP contribution in [0.5, 0.6) is 0 Å². The lowest BCUT2D eigenvalue weighted by molar-refractivity contribution is -0.136. The summed E-state index contributed by atoms with van der Waals surface area (Å²) in [5.41, 5.74) is 3.15. The van der Waals surface area contributed by atoms with E-state index in [1.807, 2.05) is 19.2 Å². The second kappa shape index (κ2) is 7.94. The van der Waals surface area contributed by atoms with Gasteiger partial charge in [0, 0.05) is 31.5 Å². The molecule has 2 amide bonds. The zero-order chi connectivity index (χ0) is 19.6. The van der Waals surface area contributed by atoms with Gasteiger partial charge in [0.15, 0.2) is 0 Å². The number of carbonyl (C=O) groups excluding carboxylic acids is 2. The number of likely N-dealkylation sites (N-methyl/N-ethyl adjacent to an activating group) is 1. The van der Waals surface area contributed by atoms with E-state index in [1.54, 1.807) is 6.07 Å². The Balaban J connectivity index is 1.55. The topological polar surface area (TPSA) is 81.7 Å². The first kappa shape index (κ1) is 19.1. The van der Waals surface area contributed by atoms with Gasteiger partial charge in [0.2, 0.25) is 0 Å². The van der Waals surface area contributed by atoms with Gasteiger partial charge < -0.3 is 20.6 Å². The van der Waals surface area contributed by atoms with E-state index in [-0.39, 0.29) is 17.3 Å². The molecule has 1 aliphatic heterocycles. The Hall–Kier alpha value is -2.64. The Kier molecular flexibility index (Phi) is 5.62. The molecule has 0 spiro atoms. The van der Waals surface area contributed by atoms with Crippen molar-refractivity contribution in [3.63, 3.8) is 0 Å². The number of anilines is 2. The molecule has 0 radical (unpaired) electrons. The number of nitrogens with one attached hydrogen (secondary N) is 2. The van der Waals surface area contributed by atoms with E-state index in [4.69, 9.17) is 11.6 Å². The summed E-state index contributed by atoms with van der Waals surface area (Å²) < 4.78 is 13.1. The minimum atomic E-state index is -0.932. The lowest BCUT2D eigenvalue weighted by atomic mass is 10.0. The number of carbonyl (C=O) groups is 2. The molecular weight excluding hydrogens is 373 g/mol. The number of hydrogen-bond acceptors (Lipinski definition) is 4. The monoisotopic (exact) mass is 391 g/mol. The summed E-state index contributed by atoms with van der Waals surface area (Å²) >= 11 is 5.63. The second-order valence-electron chi connectivity index (χ2n) is 6.37. The van der Waals surface area contributed by atoms with Gasteiger partial charge in [-0.05, 0) is 41.8 Å². The number of rotatable bonds is 4. The highest BCUT2D eigenvalue weighted by Crippen LogP contribution is 2.29. The summed E-state index contributed by atoms with van der Waals surface area (Å²) in [6.07, 6.45) is -0.0280. The standard InChI is InChI=1S/C19H19ClFN3O3/c1-24-7-6-11-8-12(2-5-16(11)24)17(25)10-22-18(26)19(27)23-13-3-4-15(21)14(20)9-13/h2-5,8-9,17,25H,6-7,10H2,1H3,(H,22,26)(H,23,27)/t17-/m0/s1. The number of aliphatic hydroxyl groups excluding tert-OH is 1. The maximum Gasteiger partial charge on any atom is 0.313 e. The van der Waals surface area contributed by atoms with Crippen LogP contribution in [0, 0.1) is 5.82 Å². The van der Waals surface area contributed by atoms with Crippen LogP contribution in [0.25, 0.3) is 0 Å². The highest BCUT2D eigenvalue weighted by Gasteiger charge is 2.20. The summed E-state index contributed by atoms with van der Waals surface area (Å²) in [7, 11) is 2.01. The lowest BCUT2D eigenvalue weighted by Gasteiger charge is -2.15. The van der Waals surface area contributed by atoms with E-state index >= 15 is 0 Å². The van der Waals surface area contributed by atoms with E-state index in [2.05, 4.69) is 15.5 Å². The average Bonchev–Trinajstić information content (AvgIpc) is 3.02. The van der Waals surface area contributed by atoms with Crippen molar-refractivity contribution in [3.8, 4) is 0 Å². The van der Waals surface area contributed by atoms with Gasteiger partial charge in [-0.15, -0.1) is 0 Å². The van der Waals surface area contributed by atoms with E-state index in [1.165, 1.54) is 12.1 Å². The van der Waals surface area contributed by atoms with Crippen LogP contribution in [0.4, 0.5) is 15.8 Å². The number of nitrogens with zero attached hydrogens (tertiary/aromatic N) is 1. The molecule has 0 aromatic heterocycles. The summed E-state index contributed by atoms with van der Waals surface area (Å²) in [6, 6.07) is 9.24.